The van der Waals surface area contributed by atoms with Crippen molar-refractivity contribution >= 4 is 5.97 Å². The monoisotopic (exact) mass is 265 g/mol. The second-order valence-electron chi connectivity index (χ2n) is 4.42. The van der Waals surface area contributed by atoms with Crippen LogP contribution in [0.1, 0.15) is 18.9 Å². The van der Waals surface area contributed by atoms with Crippen molar-refractivity contribution in [3.63, 3.8) is 0 Å². The zero-order valence-electron chi connectivity index (χ0n) is 11.3. The Balaban J connectivity index is 2.06. The molecule has 1 heterocycles. The Morgan fingerprint density at radius 2 is 2.21 bits per heavy atom. The molecule has 2 rings (SSSR count). The summed E-state index contributed by atoms with van der Waals surface area (Å²) in [4.78, 5) is 11.3. The molecule has 1 atom stereocenters. The van der Waals surface area contributed by atoms with E-state index in [1.54, 1.807) is 6.92 Å². The molecule has 1 aromatic rings. The van der Waals surface area contributed by atoms with Gasteiger partial charge in [0.05, 0.1) is 20.3 Å². The Morgan fingerprint density at radius 1 is 1.42 bits per heavy atom. The van der Waals surface area contributed by atoms with Crippen molar-refractivity contribution in [3.8, 4) is 11.5 Å². The van der Waals surface area contributed by atoms with E-state index in [-0.39, 0.29) is 12.0 Å². The Morgan fingerprint density at radius 3 is 3.00 bits per heavy atom. The van der Waals surface area contributed by atoms with Crippen LogP contribution in [0.3, 0.4) is 0 Å². The lowest BCUT2D eigenvalue weighted by atomic mass is 10.1. The van der Waals surface area contributed by atoms with Crippen LogP contribution < -0.4 is 14.8 Å². The van der Waals surface area contributed by atoms with Gasteiger partial charge in [0.15, 0.2) is 11.5 Å². The normalized spacial score (nSPS) is 15.5. The molecule has 5 heteroatoms. The molecule has 1 N–H and O–H groups in total. The molecule has 5 nitrogen and oxygen atoms in total. The average molecular weight is 265 g/mol. The predicted octanol–water partition coefficient (Wildman–Crippen LogP) is 1.50. The maximum atomic E-state index is 11.3. The lowest BCUT2D eigenvalue weighted by Crippen LogP contribution is -2.34. The van der Waals surface area contributed by atoms with Gasteiger partial charge in [-0.2, -0.15) is 0 Å². The van der Waals surface area contributed by atoms with Gasteiger partial charge in [0.2, 0.25) is 0 Å². The molecule has 0 fully saturated rings. The van der Waals surface area contributed by atoms with Gasteiger partial charge in [0.1, 0.15) is 6.04 Å². The van der Waals surface area contributed by atoms with Crippen molar-refractivity contribution in [2.75, 3.05) is 20.3 Å². The van der Waals surface area contributed by atoms with E-state index in [4.69, 9.17) is 9.47 Å². The van der Waals surface area contributed by atoms with Crippen LogP contribution in [0.15, 0.2) is 18.2 Å². The van der Waals surface area contributed by atoms with Crippen molar-refractivity contribution in [1.82, 2.24) is 5.32 Å². The molecule has 0 saturated heterocycles. The molecule has 1 aromatic carbocycles. The first kappa shape index (κ1) is 13.7. The number of carbonyl (C=O) groups excluding carboxylic acids is 1. The fourth-order valence-electron chi connectivity index (χ4n) is 1.92. The summed E-state index contributed by atoms with van der Waals surface area (Å²) in [5.74, 6) is 1.26. The number of ether oxygens (including phenoxy) is 3. The molecule has 0 bridgehead atoms. The van der Waals surface area contributed by atoms with E-state index in [9.17, 15) is 4.79 Å². The third-order valence-corrected chi connectivity index (χ3v) is 3.01. The van der Waals surface area contributed by atoms with Gasteiger partial charge in [0, 0.05) is 18.5 Å². The second kappa shape index (κ2) is 6.43. The summed E-state index contributed by atoms with van der Waals surface area (Å²) >= 11 is 0. The second-order valence-corrected chi connectivity index (χ2v) is 4.42. The molecule has 0 amide bonds. The topological polar surface area (TPSA) is 56.8 Å². The van der Waals surface area contributed by atoms with E-state index in [1.165, 1.54) is 7.11 Å². The number of esters is 1. The minimum absolute atomic E-state index is 0.279. The summed E-state index contributed by atoms with van der Waals surface area (Å²) in [5, 5.41) is 3.11. The van der Waals surface area contributed by atoms with Gasteiger partial charge in [-0.15, -0.1) is 0 Å². The van der Waals surface area contributed by atoms with E-state index in [2.05, 4.69) is 10.1 Å². The number of nitrogens with one attached hydrogen (secondary N) is 1. The van der Waals surface area contributed by atoms with Crippen molar-refractivity contribution in [2.24, 2.45) is 0 Å². The molecule has 0 saturated carbocycles. The van der Waals surface area contributed by atoms with E-state index in [0.717, 1.165) is 23.5 Å². The third-order valence-electron chi connectivity index (χ3n) is 3.01. The fourth-order valence-corrected chi connectivity index (χ4v) is 1.92. The van der Waals surface area contributed by atoms with Crippen LogP contribution in [0.2, 0.25) is 0 Å². The van der Waals surface area contributed by atoms with Crippen LogP contribution >= 0.6 is 0 Å². The number of rotatable bonds is 4. The Labute approximate surface area is 112 Å². The predicted molar refractivity (Wildman–Crippen MR) is 70.4 cm³/mol. The van der Waals surface area contributed by atoms with Crippen LogP contribution in [-0.4, -0.2) is 32.3 Å². The molecule has 1 aliphatic heterocycles. The third kappa shape index (κ3) is 3.38. The van der Waals surface area contributed by atoms with Crippen LogP contribution in [0.25, 0.3) is 0 Å². The van der Waals surface area contributed by atoms with E-state index < -0.39 is 0 Å². The number of benzene rings is 1. The van der Waals surface area contributed by atoms with E-state index in [0.29, 0.717) is 19.8 Å². The number of carbonyl (C=O) groups is 1. The van der Waals surface area contributed by atoms with Crippen LogP contribution in [0.5, 0.6) is 11.5 Å². The molecule has 0 aliphatic carbocycles. The Bertz CT molecular complexity index is 447. The quantitative estimate of drug-likeness (QED) is 0.836. The zero-order valence-corrected chi connectivity index (χ0v) is 11.3. The van der Waals surface area contributed by atoms with Gasteiger partial charge in [-0.05, 0) is 13.0 Å². The number of para-hydroxylation sites is 1. The smallest absolute Gasteiger partial charge is 0.322 e. The molecular weight excluding hydrogens is 246 g/mol. The molecular formula is C14H19NO4. The molecule has 19 heavy (non-hydrogen) atoms. The van der Waals surface area contributed by atoms with Crippen molar-refractivity contribution in [3.05, 3.63) is 23.8 Å². The lowest BCUT2D eigenvalue weighted by Gasteiger charge is -2.15. The number of fused-ring (bicyclic) bond motifs is 1. The molecule has 1 aliphatic rings. The SMILES string of the molecule is COC(=O)[C@H](C)NCc1cccc2c1OCCCO2. The largest absolute Gasteiger partial charge is 0.490 e. The first-order chi connectivity index (χ1) is 9.22. The number of hydrogen-bond acceptors (Lipinski definition) is 5. The van der Waals surface area contributed by atoms with Crippen LogP contribution in [-0.2, 0) is 16.1 Å². The van der Waals surface area contributed by atoms with Crippen molar-refractivity contribution in [2.45, 2.75) is 25.9 Å². The molecule has 0 unspecified atom stereocenters. The Kier molecular flexibility index (Phi) is 4.63. The van der Waals surface area contributed by atoms with Gasteiger partial charge in [-0.3, -0.25) is 4.79 Å². The van der Waals surface area contributed by atoms with Crippen molar-refractivity contribution in [1.29, 1.82) is 0 Å². The van der Waals surface area contributed by atoms with Gasteiger partial charge < -0.3 is 19.5 Å². The summed E-state index contributed by atoms with van der Waals surface area (Å²) in [5.41, 5.74) is 0.982. The fraction of sp³-hybridized carbons (Fsp3) is 0.500. The van der Waals surface area contributed by atoms with Gasteiger partial charge in [-0.1, -0.05) is 12.1 Å². The summed E-state index contributed by atoms with van der Waals surface area (Å²) in [6, 6.07) is 5.43. The summed E-state index contributed by atoms with van der Waals surface area (Å²) in [6.07, 6.45) is 0.875. The standard InChI is InChI=1S/C14H19NO4/c1-10(14(16)17-2)15-9-11-5-3-6-12-13(11)19-8-4-7-18-12/h3,5-6,10,15H,4,7-9H2,1-2H3/t10-/m0/s1. The first-order valence-corrected chi connectivity index (χ1v) is 6.41. The maximum absolute atomic E-state index is 11.3. The molecule has 0 radical (unpaired) electrons. The minimum atomic E-state index is -0.354. The average Bonchev–Trinajstić information content (AvgIpc) is 2.69. The van der Waals surface area contributed by atoms with Gasteiger partial charge in [-0.25, -0.2) is 0 Å². The summed E-state index contributed by atoms with van der Waals surface area (Å²) < 4.78 is 16.0. The van der Waals surface area contributed by atoms with E-state index >= 15 is 0 Å². The van der Waals surface area contributed by atoms with E-state index in [1.807, 2.05) is 18.2 Å². The first-order valence-electron chi connectivity index (χ1n) is 6.41. The zero-order chi connectivity index (χ0) is 13.7. The molecule has 104 valence electrons. The lowest BCUT2D eigenvalue weighted by molar-refractivity contribution is -0.142. The number of hydrogen-bond donors (Lipinski definition) is 1. The van der Waals surface area contributed by atoms with Gasteiger partial charge in [0.25, 0.3) is 0 Å². The molecule has 0 aromatic heterocycles. The highest BCUT2D eigenvalue weighted by molar-refractivity contribution is 5.75. The maximum Gasteiger partial charge on any atom is 0.322 e. The highest BCUT2D eigenvalue weighted by Gasteiger charge is 2.17. The summed E-state index contributed by atoms with van der Waals surface area (Å²) in [7, 11) is 1.38. The van der Waals surface area contributed by atoms with Crippen molar-refractivity contribution < 1.29 is 19.0 Å². The van der Waals surface area contributed by atoms with Crippen LogP contribution in [0.4, 0.5) is 0 Å². The molecule has 0 spiro atoms. The van der Waals surface area contributed by atoms with Crippen LogP contribution in [0, 0.1) is 0 Å². The summed E-state index contributed by atoms with van der Waals surface area (Å²) in [6.45, 7) is 3.62. The Hall–Kier alpha value is -1.75. The minimum Gasteiger partial charge on any atom is -0.490 e. The van der Waals surface area contributed by atoms with Gasteiger partial charge >= 0.3 is 5.97 Å². The highest BCUT2D eigenvalue weighted by Crippen LogP contribution is 2.33. The highest BCUT2D eigenvalue weighted by atomic mass is 16.5. The number of methoxy groups -OCH3 is 1.